The average molecular weight is 283 g/mol. The molecule has 104 valence electrons. The Kier molecular flexibility index (Phi) is 6.05. The van der Waals surface area contributed by atoms with Crippen LogP contribution < -0.4 is 15.2 Å². The summed E-state index contributed by atoms with van der Waals surface area (Å²) >= 11 is 0. The summed E-state index contributed by atoms with van der Waals surface area (Å²) in [6.45, 7) is 1.39. The lowest BCUT2D eigenvalue weighted by molar-refractivity contribution is -0.140. The molecule has 0 aromatic carbocycles. The van der Waals surface area contributed by atoms with Crippen molar-refractivity contribution >= 4 is 28.2 Å². The SMILES string of the molecule is CCOC(=O)NS(=O)(=O)NC(CC(N)=O)C(=O)O. The van der Waals surface area contributed by atoms with Gasteiger partial charge in [-0.25, -0.2) is 9.52 Å². The minimum atomic E-state index is -4.46. The Hall–Kier alpha value is -1.88. The maximum atomic E-state index is 11.3. The third-order valence-corrected chi connectivity index (χ3v) is 2.52. The third-order valence-electron chi connectivity index (χ3n) is 1.49. The minimum absolute atomic E-state index is 0.0645. The largest absolute Gasteiger partial charge is 0.480 e. The van der Waals surface area contributed by atoms with Gasteiger partial charge in [0.2, 0.25) is 5.91 Å². The number of ether oxygens (including phenoxy) is 1. The second-order valence-corrected chi connectivity index (χ2v) is 4.45. The molecular weight excluding hydrogens is 270 g/mol. The van der Waals surface area contributed by atoms with Gasteiger partial charge in [0.1, 0.15) is 6.04 Å². The summed E-state index contributed by atoms with van der Waals surface area (Å²) < 4.78 is 29.8. The summed E-state index contributed by atoms with van der Waals surface area (Å²) in [5, 5.41) is 8.64. The van der Waals surface area contributed by atoms with Gasteiger partial charge in [0.15, 0.2) is 0 Å². The molecule has 0 fully saturated rings. The second kappa shape index (κ2) is 6.76. The zero-order valence-electron chi connectivity index (χ0n) is 9.37. The Morgan fingerprint density at radius 1 is 1.39 bits per heavy atom. The lowest BCUT2D eigenvalue weighted by Gasteiger charge is -2.13. The van der Waals surface area contributed by atoms with Gasteiger partial charge in [-0.3, -0.25) is 9.59 Å². The molecule has 2 amide bonds. The molecule has 0 spiro atoms. The number of primary amides is 1. The van der Waals surface area contributed by atoms with Gasteiger partial charge in [0.25, 0.3) is 0 Å². The standard InChI is InChI=1S/C7H13N3O7S/c1-2-17-7(14)10-18(15,16)9-4(6(12)13)3-5(8)11/h4,9H,2-3H2,1H3,(H2,8,11)(H,10,14)(H,12,13). The summed E-state index contributed by atoms with van der Waals surface area (Å²) in [7, 11) is -4.46. The van der Waals surface area contributed by atoms with Crippen LogP contribution in [-0.2, 0) is 24.5 Å². The van der Waals surface area contributed by atoms with Crippen molar-refractivity contribution in [3.63, 3.8) is 0 Å². The van der Waals surface area contributed by atoms with E-state index in [4.69, 9.17) is 10.8 Å². The molecule has 0 saturated heterocycles. The molecule has 0 saturated carbocycles. The smallest absolute Gasteiger partial charge is 0.421 e. The summed E-state index contributed by atoms with van der Waals surface area (Å²) in [5.41, 5.74) is 4.75. The van der Waals surface area contributed by atoms with Crippen molar-refractivity contribution in [3.8, 4) is 0 Å². The Labute approximate surface area is 103 Å². The molecular formula is C7H13N3O7S. The third kappa shape index (κ3) is 6.65. The summed E-state index contributed by atoms with van der Waals surface area (Å²) in [5.74, 6) is -2.62. The Morgan fingerprint density at radius 3 is 2.33 bits per heavy atom. The van der Waals surface area contributed by atoms with E-state index in [1.54, 1.807) is 4.72 Å². The molecule has 1 atom stereocenters. The summed E-state index contributed by atoms with van der Waals surface area (Å²) in [4.78, 5) is 32.0. The van der Waals surface area contributed by atoms with Crippen LogP contribution in [0, 0.1) is 0 Å². The highest BCUT2D eigenvalue weighted by atomic mass is 32.2. The zero-order valence-corrected chi connectivity index (χ0v) is 10.2. The van der Waals surface area contributed by atoms with Crippen LogP contribution in [-0.4, -0.2) is 44.1 Å². The van der Waals surface area contributed by atoms with Crippen molar-refractivity contribution in [2.24, 2.45) is 5.73 Å². The summed E-state index contributed by atoms with van der Waals surface area (Å²) in [6.07, 6.45) is -2.02. The Morgan fingerprint density at radius 2 is 1.94 bits per heavy atom. The highest BCUT2D eigenvalue weighted by Gasteiger charge is 2.27. The van der Waals surface area contributed by atoms with Crippen LogP contribution in [0.1, 0.15) is 13.3 Å². The number of carbonyl (C=O) groups is 3. The van der Waals surface area contributed by atoms with Crippen molar-refractivity contribution < 1.29 is 32.6 Å². The van der Waals surface area contributed by atoms with Crippen LogP contribution >= 0.6 is 0 Å². The number of carbonyl (C=O) groups excluding carboxylic acids is 2. The van der Waals surface area contributed by atoms with Gasteiger partial charge >= 0.3 is 22.3 Å². The minimum Gasteiger partial charge on any atom is -0.480 e. The van der Waals surface area contributed by atoms with Crippen LogP contribution in [0.15, 0.2) is 0 Å². The van der Waals surface area contributed by atoms with Gasteiger partial charge in [-0.2, -0.15) is 13.1 Å². The van der Waals surface area contributed by atoms with E-state index in [9.17, 15) is 22.8 Å². The van der Waals surface area contributed by atoms with E-state index in [1.807, 2.05) is 0 Å². The molecule has 0 aliphatic heterocycles. The monoisotopic (exact) mass is 283 g/mol. The van der Waals surface area contributed by atoms with Gasteiger partial charge in [-0.15, -0.1) is 0 Å². The molecule has 0 rings (SSSR count). The number of nitrogens with two attached hydrogens (primary N) is 1. The van der Waals surface area contributed by atoms with Crippen molar-refractivity contribution in [2.45, 2.75) is 19.4 Å². The number of aliphatic carboxylic acids is 1. The fraction of sp³-hybridized carbons (Fsp3) is 0.571. The number of hydrogen-bond acceptors (Lipinski definition) is 6. The van der Waals surface area contributed by atoms with Crippen LogP contribution in [0.2, 0.25) is 0 Å². The van der Waals surface area contributed by atoms with E-state index in [0.717, 1.165) is 0 Å². The molecule has 0 aromatic heterocycles. The van der Waals surface area contributed by atoms with E-state index in [1.165, 1.54) is 11.6 Å². The first-order valence-electron chi connectivity index (χ1n) is 4.66. The van der Waals surface area contributed by atoms with Gasteiger partial charge in [-0.05, 0) is 6.92 Å². The highest BCUT2D eigenvalue weighted by Crippen LogP contribution is 1.94. The highest BCUT2D eigenvalue weighted by molar-refractivity contribution is 7.88. The maximum Gasteiger partial charge on any atom is 0.421 e. The predicted molar refractivity (Wildman–Crippen MR) is 57.4 cm³/mol. The molecule has 1 unspecified atom stereocenters. The molecule has 0 aliphatic carbocycles. The molecule has 0 bridgehead atoms. The van der Waals surface area contributed by atoms with E-state index in [-0.39, 0.29) is 6.61 Å². The predicted octanol–water partition coefficient (Wildman–Crippen LogP) is -2.10. The molecule has 18 heavy (non-hydrogen) atoms. The van der Waals surface area contributed by atoms with E-state index in [2.05, 4.69) is 4.74 Å². The maximum absolute atomic E-state index is 11.3. The normalized spacial score (nSPS) is 12.5. The molecule has 0 radical (unpaired) electrons. The molecule has 0 aromatic rings. The van der Waals surface area contributed by atoms with Gasteiger partial charge in [-0.1, -0.05) is 0 Å². The average Bonchev–Trinajstić information content (AvgIpc) is 2.14. The first-order valence-corrected chi connectivity index (χ1v) is 6.14. The number of nitrogens with one attached hydrogen (secondary N) is 2. The second-order valence-electron chi connectivity index (χ2n) is 3.01. The molecule has 5 N–H and O–H groups in total. The quantitative estimate of drug-likeness (QED) is 0.415. The first kappa shape index (κ1) is 16.1. The van der Waals surface area contributed by atoms with Crippen molar-refractivity contribution in [1.29, 1.82) is 0 Å². The number of hydrogen-bond donors (Lipinski definition) is 4. The Bertz CT molecular complexity index is 432. The van der Waals surface area contributed by atoms with Gasteiger partial charge in [0.05, 0.1) is 13.0 Å². The molecule has 0 aliphatic rings. The van der Waals surface area contributed by atoms with Crippen LogP contribution in [0.4, 0.5) is 4.79 Å². The van der Waals surface area contributed by atoms with Crippen LogP contribution in [0.5, 0.6) is 0 Å². The topological polar surface area (TPSA) is 165 Å². The van der Waals surface area contributed by atoms with Crippen molar-refractivity contribution in [1.82, 2.24) is 9.44 Å². The molecule has 0 heterocycles. The van der Waals surface area contributed by atoms with Crippen LogP contribution in [0.25, 0.3) is 0 Å². The van der Waals surface area contributed by atoms with Crippen LogP contribution in [0.3, 0.4) is 0 Å². The lowest BCUT2D eigenvalue weighted by Crippen LogP contribution is -2.49. The van der Waals surface area contributed by atoms with E-state index < -0.39 is 40.6 Å². The molecule has 11 heteroatoms. The number of rotatable bonds is 7. The fourth-order valence-corrected chi connectivity index (χ4v) is 1.76. The fourth-order valence-electron chi connectivity index (χ4n) is 0.868. The van der Waals surface area contributed by atoms with Gasteiger partial charge < -0.3 is 15.6 Å². The number of carboxylic acids is 1. The first-order chi connectivity index (χ1) is 8.18. The van der Waals surface area contributed by atoms with Gasteiger partial charge in [0, 0.05) is 0 Å². The van der Waals surface area contributed by atoms with Crippen molar-refractivity contribution in [3.05, 3.63) is 0 Å². The zero-order chi connectivity index (χ0) is 14.3. The Balaban J connectivity index is 4.66. The number of amides is 2. The summed E-state index contributed by atoms with van der Waals surface area (Å²) in [6, 6.07) is -1.77. The lowest BCUT2D eigenvalue weighted by atomic mass is 10.2. The van der Waals surface area contributed by atoms with E-state index >= 15 is 0 Å². The van der Waals surface area contributed by atoms with Crippen molar-refractivity contribution in [2.75, 3.05) is 6.61 Å². The van der Waals surface area contributed by atoms with E-state index in [0.29, 0.717) is 0 Å². The number of carboxylic acid groups (broad SMARTS) is 1. The molecule has 10 nitrogen and oxygen atoms in total.